The number of hydrogen-bond acceptors (Lipinski definition) is 4. The highest BCUT2D eigenvalue weighted by Crippen LogP contribution is 2.43. The number of aliphatic hydroxyl groups is 1. The number of allylic oxidation sites excluding steroid dienone is 2. The molecule has 0 amide bonds. The summed E-state index contributed by atoms with van der Waals surface area (Å²) in [6.07, 6.45) is 2.59. The van der Waals surface area contributed by atoms with Crippen molar-refractivity contribution in [2.24, 2.45) is 0 Å². The molecule has 5 heteroatoms. The van der Waals surface area contributed by atoms with E-state index in [1.165, 1.54) is 6.08 Å². The van der Waals surface area contributed by atoms with E-state index in [0.29, 0.717) is 35.7 Å². The number of hydrogen-bond donors (Lipinski definition) is 1. The van der Waals surface area contributed by atoms with Gasteiger partial charge in [-0.15, -0.1) is 0 Å². The van der Waals surface area contributed by atoms with E-state index in [-0.39, 0.29) is 12.4 Å². The molecule has 22 heavy (non-hydrogen) atoms. The Labute approximate surface area is 137 Å². The molecular formula is C17H17BrO4. The van der Waals surface area contributed by atoms with Gasteiger partial charge in [0.15, 0.2) is 5.78 Å². The zero-order valence-corrected chi connectivity index (χ0v) is 14.1. The lowest BCUT2D eigenvalue weighted by molar-refractivity contribution is -0.114. The summed E-state index contributed by atoms with van der Waals surface area (Å²) >= 11 is 3.45. The number of ketones is 1. The molecule has 0 saturated carbocycles. The van der Waals surface area contributed by atoms with Gasteiger partial charge in [0.2, 0.25) is 0 Å². The number of fused-ring (bicyclic) bond motifs is 1. The zero-order chi connectivity index (χ0) is 15.9. The van der Waals surface area contributed by atoms with E-state index in [1.54, 1.807) is 0 Å². The Balaban J connectivity index is 2.11. The molecule has 1 aromatic rings. The minimum absolute atomic E-state index is 0.0712. The lowest BCUT2D eigenvalue weighted by Crippen LogP contribution is -2.36. The van der Waals surface area contributed by atoms with Crippen LogP contribution in [0.25, 0.3) is 5.76 Å². The molecule has 2 aliphatic rings. The van der Waals surface area contributed by atoms with Crippen molar-refractivity contribution in [3.8, 4) is 5.75 Å². The van der Waals surface area contributed by atoms with Crippen molar-refractivity contribution >= 4 is 27.5 Å². The van der Waals surface area contributed by atoms with Gasteiger partial charge in [0.1, 0.15) is 22.9 Å². The normalized spacial score (nSPS) is 19.6. The van der Waals surface area contributed by atoms with Crippen LogP contribution in [0.5, 0.6) is 5.75 Å². The number of carbonyl (C=O) groups is 1. The summed E-state index contributed by atoms with van der Waals surface area (Å²) < 4.78 is 12.9. The molecule has 0 bridgehead atoms. The SMILES string of the molecule is CC1(C)Oc2ccc(Br)cc2C(OC2=CC(=O)CC2)=C1CO. The lowest BCUT2D eigenvalue weighted by atomic mass is 9.91. The van der Waals surface area contributed by atoms with Crippen LogP contribution in [-0.4, -0.2) is 23.1 Å². The third-order valence-corrected chi connectivity index (χ3v) is 4.38. The average Bonchev–Trinajstić information content (AvgIpc) is 2.84. The van der Waals surface area contributed by atoms with E-state index in [0.717, 1.165) is 10.0 Å². The van der Waals surface area contributed by atoms with Crippen LogP contribution in [0.4, 0.5) is 0 Å². The standard InChI is InChI=1S/C17H17BrO4/c1-17(2)14(9-19)16(21-12-5-4-11(20)8-12)13-7-10(18)3-6-15(13)22-17/h3,6-8,19H,4-5,9H2,1-2H3. The van der Waals surface area contributed by atoms with Gasteiger partial charge in [0.25, 0.3) is 0 Å². The zero-order valence-electron chi connectivity index (χ0n) is 12.5. The first-order valence-corrected chi connectivity index (χ1v) is 7.94. The summed E-state index contributed by atoms with van der Waals surface area (Å²) in [4.78, 5) is 11.4. The van der Waals surface area contributed by atoms with E-state index >= 15 is 0 Å². The van der Waals surface area contributed by atoms with E-state index in [9.17, 15) is 9.90 Å². The van der Waals surface area contributed by atoms with Crippen LogP contribution in [-0.2, 0) is 9.53 Å². The van der Waals surface area contributed by atoms with Crippen LogP contribution >= 0.6 is 15.9 Å². The molecule has 1 aliphatic heterocycles. The van der Waals surface area contributed by atoms with Crippen molar-refractivity contribution in [2.75, 3.05) is 6.61 Å². The molecule has 1 N–H and O–H groups in total. The number of benzene rings is 1. The summed E-state index contributed by atoms with van der Waals surface area (Å²) in [7, 11) is 0. The first-order valence-electron chi connectivity index (χ1n) is 7.15. The average molecular weight is 365 g/mol. The number of rotatable bonds is 3. The Bertz CT molecular complexity index is 701. The molecule has 0 radical (unpaired) electrons. The first-order chi connectivity index (χ1) is 10.4. The second-order valence-electron chi connectivity index (χ2n) is 5.90. The molecule has 3 rings (SSSR count). The maximum absolute atomic E-state index is 11.4. The number of ether oxygens (including phenoxy) is 2. The van der Waals surface area contributed by atoms with Crippen LogP contribution in [0, 0.1) is 0 Å². The van der Waals surface area contributed by atoms with E-state index in [2.05, 4.69) is 15.9 Å². The highest BCUT2D eigenvalue weighted by atomic mass is 79.9. The summed E-state index contributed by atoms with van der Waals surface area (Å²) in [5.74, 6) is 1.98. The van der Waals surface area contributed by atoms with E-state index in [1.807, 2.05) is 32.0 Å². The number of aliphatic hydroxyl groups excluding tert-OH is 1. The Morgan fingerprint density at radius 1 is 1.36 bits per heavy atom. The quantitative estimate of drug-likeness (QED) is 0.890. The summed E-state index contributed by atoms with van der Waals surface area (Å²) in [6, 6.07) is 5.66. The number of carbonyl (C=O) groups excluding carboxylic acids is 1. The third-order valence-electron chi connectivity index (χ3n) is 3.88. The molecule has 1 heterocycles. The molecule has 0 aromatic heterocycles. The monoisotopic (exact) mass is 364 g/mol. The topological polar surface area (TPSA) is 55.8 Å². The van der Waals surface area contributed by atoms with Crippen molar-refractivity contribution in [3.05, 3.63) is 45.6 Å². The van der Waals surface area contributed by atoms with E-state index in [4.69, 9.17) is 9.47 Å². The van der Waals surface area contributed by atoms with Crippen molar-refractivity contribution in [3.63, 3.8) is 0 Å². The molecule has 0 saturated heterocycles. The Hall–Kier alpha value is -1.59. The smallest absolute Gasteiger partial charge is 0.159 e. The summed E-state index contributed by atoms with van der Waals surface area (Å²) in [6.45, 7) is 3.61. The predicted octanol–water partition coefficient (Wildman–Crippen LogP) is 3.59. The summed E-state index contributed by atoms with van der Waals surface area (Å²) in [5.41, 5.74) is 0.769. The van der Waals surface area contributed by atoms with Gasteiger partial charge < -0.3 is 14.6 Å². The molecule has 0 spiro atoms. The van der Waals surface area contributed by atoms with Crippen molar-refractivity contribution in [1.29, 1.82) is 0 Å². The van der Waals surface area contributed by atoms with Crippen molar-refractivity contribution < 1.29 is 19.4 Å². The molecule has 116 valence electrons. The molecule has 1 aromatic carbocycles. The largest absolute Gasteiger partial charge is 0.482 e. The first kappa shape index (κ1) is 15.3. The maximum Gasteiger partial charge on any atom is 0.159 e. The molecule has 0 unspecified atom stereocenters. The molecule has 1 aliphatic carbocycles. The Morgan fingerprint density at radius 2 is 2.14 bits per heavy atom. The van der Waals surface area contributed by atoms with E-state index < -0.39 is 5.60 Å². The van der Waals surface area contributed by atoms with Crippen molar-refractivity contribution in [1.82, 2.24) is 0 Å². The van der Waals surface area contributed by atoms with Crippen LogP contribution in [0.2, 0.25) is 0 Å². The predicted molar refractivity (Wildman–Crippen MR) is 86.3 cm³/mol. The summed E-state index contributed by atoms with van der Waals surface area (Å²) in [5, 5.41) is 9.80. The van der Waals surface area contributed by atoms with Gasteiger partial charge >= 0.3 is 0 Å². The van der Waals surface area contributed by atoms with Gasteiger partial charge in [-0.3, -0.25) is 4.79 Å². The Kier molecular flexibility index (Phi) is 3.87. The van der Waals surface area contributed by atoms with Gasteiger partial charge in [0, 0.05) is 29.0 Å². The highest BCUT2D eigenvalue weighted by Gasteiger charge is 2.36. The fraction of sp³-hybridized carbons (Fsp3) is 0.353. The van der Waals surface area contributed by atoms with Gasteiger partial charge in [0.05, 0.1) is 12.2 Å². The second kappa shape index (κ2) is 5.56. The van der Waals surface area contributed by atoms with Gasteiger partial charge in [-0.25, -0.2) is 0 Å². The molecule has 4 nitrogen and oxygen atoms in total. The third kappa shape index (κ3) is 2.71. The van der Waals surface area contributed by atoms with Crippen LogP contribution in [0.1, 0.15) is 32.3 Å². The van der Waals surface area contributed by atoms with Crippen LogP contribution in [0.3, 0.4) is 0 Å². The van der Waals surface area contributed by atoms with Gasteiger partial charge in [-0.05, 0) is 32.0 Å². The number of halogens is 1. The fourth-order valence-electron chi connectivity index (χ4n) is 2.70. The highest BCUT2D eigenvalue weighted by molar-refractivity contribution is 9.10. The van der Waals surface area contributed by atoms with Crippen LogP contribution in [0.15, 0.2) is 40.1 Å². The second-order valence-corrected chi connectivity index (χ2v) is 6.81. The molecule has 0 atom stereocenters. The minimum Gasteiger partial charge on any atom is -0.482 e. The lowest BCUT2D eigenvalue weighted by Gasteiger charge is -2.36. The van der Waals surface area contributed by atoms with Crippen LogP contribution < -0.4 is 4.74 Å². The Morgan fingerprint density at radius 3 is 2.77 bits per heavy atom. The maximum atomic E-state index is 11.4. The minimum atomic E-state index is -0.673. The molecule has 0 fully saturated rings. The fourth-order valence-corrected chi connectivity index (χ4v) is 3.06. The van der Waals surface area contributed by atoms with Crippen molar-refractivity contribution in [2.45, 2.75) is 32.3 Å². The van der Waals surface area contributed by atoms with Gasteiger partial charge in [-0.1, -0.05) is 15.9 Å². The molecular weight excluding hydrogens is 348 g/mol. The van der Waals surface area contributed by atoms with Gasteiger partial charge in [-0.2, -0.15) is 0 Å².